The lowest BCUT2D eigenvalue weighted by molar-refractivity contribution is -0.120. The third-order valence-corrected chi connectivity index (χ3v) is 4.44. The average molecular weight is 361 g/mol. The standard InChI is InChI=1S/C18H21BrN2O/c1-13(16-11-7-8-12-17(16)19)20-14(2)18(22)21(3)15-9-5-4-6-10-15/h4-14,20H,1-3H3/t13-,14+/m1/s1. The Kier molecular flexibility index (Phi) is 5.75. The van der Waals surface area contributed by atoms with Gasteiger partial charge in [-0.25, -0.2) is 0 Å². The van der Waals surface area contributed by atoms with Gasteiger partial charge in [-0.15, -0.1) is 0 Å². The van der Waals surface area contributed by atoms with Crippen LogP contribution in [0.25, 0.3) is 0 Å². The monoisotopic (exact) mass is 360 g/mol. The Morgan fingerprint density at radius 2 is 1.64 bits per heavy atom. The molecule has 0 aliphatic heterocycles. The third kappa shape index (κ3) is 3.96. The maximum absolute atomic E-state index is 12.5. The van der Waals surface area contributed by atoms with Gasteiger partial charge in [-0.3, -0.25) is 10.1 Å². The molecule has 0 saturated heterocycles. The van der Waals surface area contributed by atoms with E-state index in [2.05, 4.69) is 34.2 Å². The fourth-order valence-electron chi connectivity index (χ4n) is 2.43. The summed E-state index contributed by atoms with van der Waals surface area (Å²) in [6.45, 7) is 3.96. The highest BCUT2D eigenvalue weighted by atomic mass is 79.9. The minimum absolute atomic E-state index is 0.0464. The van der Waals surface area contributed by atoms with E-state index in [1.54, 1.807) is 11.9 Å². The fourth-order valence-corrected chi connectivity index (χ4v) is 3.06. The molecule has 0 spiro atoms. The van der Waals surface area contributed by atoms with Crippen molar-refractivity contribution in [3.05, 3.63) is 64.6 Å². The van der Waals surface area contributed by atoms with Crippen LogP contribution in [0.2, 0.25) is 0 Å². The molecule has 2 aromatic carbocycles. The highest BCUT2D eigenvalue weighted by Crippen LogP contribution is 2.23. The molecule has 0 unspecified atom stereocenters. The summed E-state index contributed by atoms with van der Waals surface area (Å²) < 4.78 is 1.05. The summed E-state index contributed by atoms with van der Waals surface area (Å²) >= 11 is 3.55. The maximum Gasteiger partial charge on any atom is 0.243 e. The second-order valence-corrected chi connectivity index (χ2v) is 6.22. The van der Waals surface area contributed by atoms with Crippen LogP contribution >= 0.6 is 15.9 Å². The number of carbonyl (C=O) groups excluding carboxylic acids is 1. The quantitative estimate of drug-likeness (QED) is 0.868. The first-order chi connectivity index (χ1) is 10.5. The highest BCUT2D eigenvalue weighted by molar-refractivity contribution is 9.10. The number of halogens is 1. The Bertz CT molecular complexity index is 630. The first-order valence-electron chi connectivity index (χ1n) is 7.33. The molecule has 116 valence electrons. The molecule has 22 heavy (non-hydrogen) atoms. The minimum atomic E-state index is -0.271. The molecule has 2 rings (SSSR count). The number of hydrogen-bond acceptors (Lipinski definition) is 2. The van der Waals surface area contributed by atoms with Gasteiger partial charge in [0, 0.05) is 23.2 Å². The van der Waals surface area contributed by atoms with Crippen LogP contribution in [0.1, 0.15) is 25.5 Å². The Morgan fingerprint density at radius 3 is 2.27 bits per heavy atom. The number of anilines is 1. The third-order valence-electron chi connectivity index (χ3n) is 3.72. The average Bonchev–Trinajstić information content (AvgIpc) is 2.54. The predicted molar refractivity (Wildman–Crippen MR) is 95.0 cm³/mol. The molecule has 2 aromatic rings. The fraction of sp³-hybridized carbons (Fsp3) is 0.278. The topological polar surface area (TPSA) is 32.3 Å². The Hall–Kier alpha value is -1.65. The largest absolute Gasteiger partial charge is 0.314 e. The van der Waals surface area contributed by atoms with Crippen molar-refractivity contribution in [2.75, 3.05) is 11.9 Å². The van der Waals surface area contributed by atoms with Crippen LogP contribution in [0, 0.1) is 0 Å². The lowest BCUT2D eigenvalue weighted by Crippen LogP contribution is -2.44. The number of amides is 1. The lowest BCUT2D eigenvalue weighted by Gasteiger charge is -2.25. The number of nitrogens with zero attached hydrogens (tertiary/aromatic N) is 1. The first-order valence-corrected chi connectivity index (χ1v) is 8.13. The summed E-state index contributed by atoms with van der Waals surface area (Å²) in [7, 11) is 1.80. The van der Waals surface area contributed by atoms with Crippen LogP contribution in [-0.2, 0) is 4.79 Å². The van der Waals surface area contributed by atoms with Gasteiger partial charge in [0.25, 0.3) is 0 Å². The SMILES string of the molecule is C[C@H](N[C@H](C)c1ccccc1Br)C(=O)N(C)c1ccccc1. The van der Waals surface area contributed by atoms with Gasteiger partial charge in [0.2, 0.25) is 5.91 Å². The molecule has 1 N–H and O–H groups in total. The van der Waals surface area contributed by atoms with Crippen molar-refractivity contribution in [3.8, 4) is 0 Å². The summed E-state index contributed by atoms with van der Waals surface area (Å²) in [6.07, 6.45) is 0. The molecule has 1 amide bonds. The van der Waals surface area contributed by atoms with Crippen LogP contribution in [0.15, 0.2) is 59.1 Å². The number of hydrogen-bond donors (Lipinski definition) is 1. The number of rotatable bonds is 5. The zero-order valence-electron chi connectivity index (χ0n) is 13.1. The molecule has 0 radical (unpaired) electrons. The molecule has 0 aliphatic rings. The van der Waals surface area contributed by atoms with Gasteiger partial charge in [-0.2, -0.15) is 0 Å². The van der Waals surface area contributed by atoms with Crippen LogP contribution in [0.5, 0.6) is 0 Å². The molecule has 0 aromatic heterocycles. The van der Waals surface area contributed by atoms with Crippen LogP contribution in [-0.4, -0.2) is 19.0 Å². The number of carbonyl (C=O) groups is 1. The molecular formula is C18H21BrN2O. The van der Waals surface area contributed by atoms with Crippen molar-refractivity contribution in [3.63, 3.8) is 0 Å². The van der Waals surface area contributed by atoms with Crippen molar-refractivity contribution in [2.24, 2.45) is 0 Å². The smallest absolute Gasteiger partial charge is 0.243 e. The van der Waals surface area contributed by atoms with E-state index in [4.69, 9.17) is 0 Å². The van der Waals surface area contributed by atoms with Crippen molar-refractivity contribution in [2.45, 2.75) is 25.9 Å². The molecule has 0 heterocycles. The molecule has 0 bridgehead atoms. The summed E-state index contributed by atoms with van der Waals surface area (Å²) in [4.78, 5) is 14.2. The summed E-state index contributed by atoms with van der Waals surface area (Å²) in [5.74, 6) is 0.0464. The zero-order chi connectivity index (χ0) is 16.1. The molecule has 2 atom stereocenters. The van der Waals surface area contributed by atoms with E-state index in [9.17, 15) is 4.79 Å². The summed E-state index contributed by atoms with van der Waals surface area (Å²) in [5.41, 5.74) is 2.04. The van der Waals surface area contributed by atoms with Gasteiger partial charge in [0.15, 0.2) is 0 Å². The molecule has 4 heteroatoms. The van der Waals surface area contributed by atoms with Gasteiger partial charge in [0.05, 0.1) is 6.04 Å². The molecular weight excluding hydrogens is 340 g/mol. The molecule has 0 aliphatic carbocycles. The zero-order valence-corrected chi connectivity index (χ0v) is 14.7. The lowest BCUT2D eigenvalue weighted by atomic mass is 10.1. The van der Waals surface area contributed by atoms with Crippen molar-refractivity contribution in [1.29, 1.82) is 0 Å². The van der Waals surface area contributed by atoms with Gasteiger partial charge < -0.3 is 4.90 Å². The van der Waals surface area contributed by atoms with Gasteiger partial charge in [0.1, 0.15) is 0 Å². The normalized spacial score (nSPS) is 13.5. The Labute approximate surface area is 140 Å². The van der Waals surface area contributed by atoms with Gasteiger partial charge in [-0.1, -0.05) is 52.3 Å². The number of benzene rings is 2. The first kappa shape index (κ1) is 16.7. The second kappa shape index (κ2) is 7.56. The predicted octanol–water partition coefficient (Wildman–Crippen LogP) is 4.15. The number of nitrogens with one attached hydrogen (secondary N) is 1. The highest BCUT2D eigenvalue weighted by Gasteiger charge is 2.21. The molecule has 0 fully saturated rings. The van der Waals surface area contributed by atoms with Crippen LogP contribution < -0.4 is 10.2 Å². The van der Waals surface area contributed by atoms with E-state index in [1.165, 1.54) is 0 Å². The van der Waals surface area contributed by atoms with Crippen molar-refractivity contribution >= 4 is 27.5 Å². The van der Waals surface area contributed by atoms with E-state index in [0.29, 0.717) is 0 Å². The van der Waals surface area contributed by atoms with E-state index in [0.717, 1.165) is 15.7 Å². The van der Waals surface area contributed by atoms with Crippen molar-refractivity contribution in [1.82, 2.24) is 5.32 Å². The Morgan fingerprint density at radius 1 is 1.05 bits per heavy atom. The van der Waals surface area contributed by atoms with Gasteiger partial charge in [-0.05, 0) is 37.6 Å². The van der Waals surface area contributed by atoms with E-state index >= 15 is 0 Å². The number of para-hydroxylation sites is 1. The molecule has 0 saturated carbocycles. The molecule has 3 nitrogen and oxygen atoms in total. The summed E-state index contributed by atoms with van der Waals surface area (Å²) in [5, 5.41) is 3.37. The van der Waals surface area contributed by atoms with Crippen molar-refractivity contribution < 1.29 is 4.79 Å². The maximum atomic E-state index is 12.5. The minimum Gasteiger partial charge on any atom is -0.314 e. The Balaban J connectivity index is 2.04. The number of likely N-dealkylation sites (N-methyl/N-ethyl adjacent to an activating group) is 1. The second-order valence-electron chi connectivity index (χ2n) is 5.36. The van der Waals surface area contributed by atoms with Gasteiger partial charge >= 0.3 is 0 Å². The van der Waals surface area contributed by atoms with E-state index < -0.39 is 0 Å². The summed E-state index contributed by atoms with van der Waals surface area (Å²) in [6, 6.07) is 17.5. The van der Waals surface area contributed by atoms with Crippen LogP contribution in [0.4, 0.5) is 5.69 Å². The van der Waals surface area contributed by atoms with E-state index in [1.807, 2.05) is 55.5 Å². The van der Waals surface area contributed by atoms with Crippen LogP contribution in [0.3, 0.4) is 0 Å². The van der Waals surface area contributed by atoms with E-state index in [-0.39, 0.29) is 18.0 Å².